The van der Waals surface area contributed by atoms with E-state index in [1.54, 1.807) is 24.3 Å². The van der Waals surface area contributed by atoms with Crippen molar-refractivity contribution in [3.63, 3.8) is 0 Å². The minimum atomic E-state index is -1.03. The predicted octanol–water partition coefficient (Wildman–Crippen LogP) is 5.30. The average molecular weight is 600 g/mol. The molecule has 2 amide bonds. The molecule has 2 aromatic carbocycles. The van der Waals surface area contributed by atoms with Crippen LogP contribution in [-0.4, -0.2) is 40.1 Å². The minimum absolute atomic E-state index is 0.0277. The Labute approximate surface area is 209 Å². The van der Waals surface area contributed by atoms with Crippen molar-refractivity contribution in [3.05, 3.63) is 71.5 Å². The first-order valence-electron chi connectivity index (χ1n) is 9.32. The second kappa shape index (κ2) is 10.5. The number of carbonyl (C=O) groups excluding carboxylic acids is 3. The van der Waals surface area contributed by atoms with Crippen LogP contribution in [-0.2, 0) is 20.9 Å². The first-order valence-corrected chi connectivity index (χ1v) is 11.7. The second-order valence-corrected chi connectivity index (χ2v) is 9.48. The van der Waals surface area contributed by atoms with E-state index in [1.807, 2.05) is 0 Å². The minimum Gasteiger partial charge on any atom is -0.487 e. The zero-order valence-corrected chi connectivity index (χ0v) is 21.2. The molecule has 2 aromatic rings. The van der Waals surface area contributed by atoms with Gasteiger partial charge in [0.2, 0.25) is 0 Å². The lowest BCUT2D eigenvalue weighted by Gasteiger charge is -2.18. The number of halogens is 2. The van der Waals surface area contributed by atoms with Crippen LogP contribution in [0.3, 0.4) is 0 Å². The standard InChI is InChI=1S/C21H16Br2N2O7S/c1-11(20(27)31-2)24-19(26)17(33-21(24)28)9-13-7-15(22)18(16(23)8-13)32-10-12-4-3-5-14(6-12)25(29)30/h3-9,11H,10H2,1-2H3/b17-9+/t11-/m0/s1. The lowest BCUT2D eigenvalue weighted by Crippen LogP contribution is -2.42. The van der Waals surface area contributed by atoms with Crippen molar-refractivity contribution >= 4 is 72.5 Å². The van der Waals surface area contributed by atoms with Crippen molar-refractivity contribution in [1.29, 1.82) is 0 Å². The summed E-state index contributed by atoms with van der Waals surface area (Å²) in [4.78, 5) is 48.2. The van der Waals surface area contributed by atoms with Gasteiger partial charge in [-0.05, 0) is 79.9 Å². The van der Waals surface area contributed by atoms with Crippen LogP contribution in [0, 0.1) is 10.1 Å². The number of hydrogen-bond acceptors (Lipinski definition) is 8. The second-order valence-electron chi connectivity index (χ2n) is 6.78. The zero-order valence-electron chi connectivity index (χ0n) is 17.2. The summed E-state index contributed by atoms with van der Waals surface area (Å²) in [5, 5.41) is 10.4. The summed E-state index contributed by atoms with van der Waals surface area (Å²) in [5.74, 6) is -0.804. The lowest BCUT2D eigenvalue weighted by atomic mass is 10.2. The van der Waals surface area contributed by atoms with Crippen LogP contribution in [0.5, 0.6) is 5.75 Å². The van der Waals surface area contributed by atoms with E-state index >= 15 is 0 Å². The molecule has 9 nitrogen and oxygen atoms in total. The molecule has 1 fully saturated rings. The number of rotatable bonds is 7. The summed E-state index contributed by atoms with van der Waals surface area (Å²) in [7, 11) is 1.19. The van der Waals surface area contributed by atoms with E-state index in [9.17, 15) is 24.5 Å². The molecule has 0 saturated carbocycles. The van der Waals surface area contributed by atoms with Gasteiger partial charge >= 0.3 is 5.97 Å². The summed E-state index contributed by atoms with van der Waals surface area (Å²) in [6.07, 6.45) is 1.54. The molecule has 0 bridgehead atoms. The summed E-state index contributed by atoms with van der Waals surface area (Å²) in [5.41, 5.74) is 1.20. The van der Waals surface area contributed by atoms with Gasteiger partial charge < -0.3 is 9.47 Å². The third kappa shape index (κ3) is 5.63. The average Bonchev–Trinajstić information content (AvgIpc) is 3.04. The maximum Gasteiger partial charge on any atom is 0.328 e. The molecule has 0 radical (unpaired) electrons. The molecule has 0 spiro atoms. The van der Waals surface area contributed by atoms with Gasteiger partial charge in [-0.25, -0.2) is 4.79 Å². The van der Waals surface area contributed by atoms with Crippen LogP contribution in [0.1, 0.15) is 18.1 Å². The SMILES string of the molecule is COC(=O)[C@H](C)N1C(=O)S/C(=C/c2cc(Br)c(OCc3cccc([N+](=O)[O-])c3)c(Br)c2)C1=O. The van der Waals surface area contributed by atoms with E-state index in [2.05, 4.69) is 36.6 Å². The van der Waals surface area contributed by atoms with Gasteiger partial charge in [-0.2, -0.15) is 0 Å². The molecular formula is C21H16Br2N2O7S. The molecule has 0 unspecified atom stereocenters. The highest BCUT2D eigenvalue weighted by Gasteiger charge is 2.41. The van der Waals surface area contributed by atoms with Gasteiger partial charge in [0.15, 0.2) is 0 Å². The van der Waals surface area contributed by atoms with Crippen molar-refractivity contribution in [2.24, 2.45) is 0 Å². The fraction of sp³-hybridized carbons (Fsp3) is 0.190. The number of carbonyl (C=O) groups is 3. The number of benzene rings is 2. The molecule has 1 heterocycles. The summed E-state index contributed by atoms with van der Waals surface area (Å²) >= 11 is 7.59. The molecule has 1 aliphatic rings. The van der Waals surface area contributed by atoms with E-state index < -0.39 is 28.1 Å². The number of ether oxygens (including phenoxy) is 2. The molecular weight excluding hydrogens is 584 g/mol. The summed E-state index contributed by atoms with van der Waals surface area (Å²) in [6, 6.07) is 8.50. The normalized spacial score (nSPS) is 15.6. The predicted molar refractivity (Wildman–Crippen MR) is 129 cm³/mol. The Morgan fingerprint density at radius 2 is 1.91 bits per heavy atom. The Bertz CT molecular complexity index is 1160. The highest BCUT2D eigenvalue weighted by molar-refractivity contribution is 9.11. The van der Waals surface area contributed by atoms with Crippen molar-refractivity contribution in [3.8, 4) is 5.75 Å². The van der Waals surface area contributed by atoms with Crippen LogP contribution in [0.4, 0.5) is 10.5 Å². The summed E-state index contributed by atoms with van der Waals surface area (Å²) in [6.45, 7) is 1.52. The fourth-order valence-corrected chi connectivity index (χ4v) is 5.32. The molecule has 1 atom stereocenters. The Balaban J connectivity index is 1.79. The molecule has 12 heteroatoms. The van der Waals surface area contributed by atoms with Crippen LogP contribution < -0.4 is 4.74 Å². The van der Waals surface area contributed by atoms with E-state index in [0.717, 1.165) is 16.7 Å². The van der Waals surface area contributed by atoms with Gasteiger partial charge in [0.25, 0.3) is 16.8 Å². The largest absolute Gasteiger partial charge is 0.487 e. The molecule has 1 aliphatic heterocycles. The number of imide groups is 1. The van der Waals surface area contributed by atoms with Crippen LogP contribution in [0.15, 0.2) is 50.2 Å². The Hall–Kier alpha value is -2.70. The van der Waals surface area contributed by atoms with E-state index in [4.69, 9.17) is 4.74 Å². The quantitative estimate of drug-likeness (QED) is 0.182. The molecule has 33 heavy (non-hydrogen) atoms. The van der Waals surface area contributed by atoms with Gasteiger partial charge in [0.1, 0.15) is 18.4 Å². The van der Waals surface area contributed by atoms with E-state index in [1.165, 1.54) is 32.2 Å². The highest BCUT2D eigenvalue weighted by atomic mass is 79.9. The molecule has 172 valence electrons. The number of nitro benzene ring substituents is 1. The van der Waals surface area contributed by atoms with Crippen molar-refractivity contribution in [1.82, 2.24) is 4.90 Å². The number of non-ortho nitro benzene ring substituents is 1. The number of esters is 1. The van der Waals surface area contributed by atoms with Crippen LogP contribution in [0.25, 0.3) is 6.08 Å². The monoisotopic (exact) mass is 598 g/mol. The Morgan fingerprint density at radius 3 is 2.52 bits per heavy atom. The fourth-order valence-electron chi connectivity index (χ4n) is 2.96. The number of nitrogens with zero attached hydrogens (tertiary/aromatic N) is 2. The van der Waals surface area contributed by atoms with Crippen LogP contribution in [0.2, 0.25) is 0 Å². The summed E-state index contributed by atoms with van der Waals surface area (Å²) < 4.78 is 11.6. The highest BCUT2D eigenvalue weighted by Crippen LogP contribution is 2.38. The molecule has 0 aliphatic carbocycles. The molecule has 3 rings (SSSR count). The molecule has 1 saturated heterocycles. The Morgan fingerprint density at radius 1 is 1.24 bits per heavy atom. The third-order valence-electron chi connectivity index (χ3n) is 4.58. The van der Waals surface area contributed by atoms with Gasteiger partial charge in [-0.1, -0.05) is 12.1 Å². The third-order valence-corrected chi connectivity index (χ3v) is 6.64. The van der Waals surface area contributed by atoms with Gasteiger partial charge in [0.05, 0.1) is 25.9 Å². The topological polar surface area (TPSA) is 116 Å². The molecule has 0 aromatic heterocycles. The Kier molecular flexibility index (Phi) is 7.92. The number of nitro groups is 1. The number of methoxy groups -OCH3 is 1. The lowest BCUT2D eigenvalue weighted by molar-refractivity contribution is -0.384. The van der Waals surface area contributed by atoms with Gasteiger partial charge in [-0.15, -0.1) is 0 Å². The maximum absolute atomic E-state index is 12.7. The number of amides is 2. The van der Waals surface area contributed by atoms with Crippen molar-refractivity contribution in [2.75, 3.05) is 7.11 Å². The van der Waals surface area contributed by atoms with Gasteiger partial charge in [-0.3, -0.25) is 24.6 Å². The van der Waals surface area contributed by atoms with Gasteiger partial charge in [0, 0.05) is 12.1 Å². The number of hydrogen-bond donors (Lipinski definition) is 0. The first kappa shape index (κ1) is 24.9. The smallest absolute Gasteiger partial charge is 0.328 e. The maximum atomic E-state index is 12.7. The first-order chi connectivity index (χ1) is 15.6. The van der Waals surface area contributed by atoms with E-state index in [-0.39, 0.29) is 17.2 Å². The molecule has 0 N–H and O–H groups in total. The zero-order chi connectivity index (χ0) is 24.3. The number of thioether (sulfide) groups is 1. The van der Waals surface area contributed by atoms with Crippen LogP contribution >= 0.6 is 43.6 Å². The van der Waals surface area contributed by atoms with E-state index in [0.29, 0.717) is 25.8 Å². The van der Waals surface area contributed by atoms with Crippen molar-refractivity contribution in [2.45, 2.75) is 19.6 Å². The van der Waals surface area contributed by atoms with Crippen molar-refractivity contribution < 1.29 is 28.8 Å².